The quantitative estimate of drug-likeness (QED) is 0.807. The van der Waals surface area contributed by atoms with Gasteiger partial charge in [-0.05, 0) is 30.3 Å². The van der Waals surface area contributed by atoms with Crippen LogP contribution in [0.15, 0.2) is 59.9 Å². The van der Waals surface area contributed by atoms with Gasteiger partial charge in [0.15, 0.2) is 0 Å². The molecule has 3 aromatic rings. The fourth-order valence-electron chi connectivity index (χ4n) is 1.89. The summed E-state index contributed by atoms with van der Waals surface area (Å²) in [6.45, 7) is 0. The number of fused-ring (bicyclic) bond motifs is 1. The Bertz CT molecular complexity index is 913. The van der Waals surface area contributed by atoms with Crippen LogP contribution >= 0.6 is 0 Å². The number of sulfonamides is 1. The van der Waals surface area contributed by atoms with Gasteiger partial charge in [0, 0.05) is 23.5 Å². The van der Waals surface area contributed by atoms with Crippen molar-refractivity contribution in [3.63, 3.8) is 0 Å². The highest BCUT2D eigenvalue weighted by molar-refractivity contribution is 7.92. The number of hydrogen-bond acceptors (Lipinski definition) is 4. The maximum absolute atomic E-state index is 13.1. The Hall–Kier alpha value is -2.54. The minimum absolute atomic E-state index is 0.228. The zero-order valence-electron chi connectivity index (χ0n) is 10.7. The zero-order chi connectivity index (χ0) is 14.9. The molecule has 0 unspecified atom stereocenters. The Labute approximate surface area is 120 Å². The largest absolute Gasteiger partial charge is 0.280 e. The number of benzene rings is 1. The van der Waals surface area contributed by atoms with Crippen LogP contribution in [0.1, 0.15) is 0 Å². The average Bonchev–Trinajstić information content (AvgIpc) is 2.47. The van der Waals surface area contributed by atoms with E-state index in [0.29, 0.717) is 5.69 Å². The summed E-state index contributed by atoms with van der Waals surface area (Å²) in [6, 6.07) is 9.46. The lowest BCUT2D eigenvalue weighted by Gasteiger charge is -2.08. The van der Waals surface area contributed by atoms with Gasteiger partial charge in [-0.1, -0.05) is 6.07 Å². The number of halogens is 1. The third-order valence-corrected chi connectivity index (χ3v) is 4.19. The van der Waals surface area contributed by atoms with Crippen molar-refractivity contribution in [1.29, 1.82) is 0 Å². The Balaban J connectivity index is 1.97. The Morgan fingerprint density at radius 2 is 1.95 bits per heavy atom. The third-order valence-electron chi connectivity index (χ3n) is 2.85. The smallest absolute Gasteiger partial charge is 0.263 e. The molecule has 0 amide bonds. The van der Waals surface area contributed by atoms with E-state index in [-0.39, 0.29) is 4.90 Å². The van der Waals surface area contributed by atoms with Crippen LogP contribution in [0.25, 0.3) is 10.9 Å². The summed E-state index contributed by atoms with van der Waals surface area (Å²) in [5.74, 6) is -0.708. The Kier molecular flexibility index (Phi) is 3.26. The van der Waals surface area contributed by atoms with Crippen LogP contribution < -0.4 is 4.72 Å². The van der Waals surface area contributed by atoms with Crippen molar-refractivity contribution in [1.82, 2.24) is 9.97 Å². The highest BCUT2D eigenvalue weighted by atomic mass is 32.2. The standard InChI is InChI=1S/C14H10FN3O2S/c15-11-7-13(9-16-8-11)21(19,20)18-12-3-4-14-10(6-12)2-1-5-17-14/h1-9,18H. The van der Waals surface area contributed by atoms with Crippen LogP contribution in [-0.2, 0) is 10.0 Å². The molecule has 0 aliphatic carbocycles. The van der Waals surface area contributed by atoms with E-state index in [2.05, 4.69) is 14.7 Å². The van der Waals surface area contributed by atoms with Gasteiger partial charge in [-0.2, -0.15) is 0 Å². The summed E-state index contributed by atoms with van der Waals surface area (Å²) in [5.41, 5.74) is 1.13. The van der Waals surface area contributed by atoms with Gasteiger partial charge in [0.1, 0.15) is 10.7 Å². The SMILES string of the molecule is O=S(=O)(Nc1ccc2ncccc2c1)c1cncc(F)c1. The Morgan fingerprint density at radius 1 is 1.10 bits per heavy atom. The third kappa shape index (κ3) is 2.82. The molecule has 0 atom stereocenters. The number of hydrogen-bond donors (Lipinski definition) is 1. The lowest BCUT2D eigenvalue weighted by Crippen LogP contribution is -2.13. The minimum Gasteiger partial charge on any atom is -0.280 e. The van der Waals surface area contributed by atoms with E-state index >= 15 is 0 Å². The van der Waals surface area contributed by atoms with E-state index in [9.17, 15) is 12.8 Å². The molecular formula is C14H10FN3O2S. The molecule has 1 aromatic carbocycles. The maximum Gasteiger partial charge on any atom is 0.263 e. The number of nitrogens with zero attached hydrogens (tertiary/aromatic N) is 2. The van der Waals surface area contributed by atoms with E-state index in [0.717, 1.165) is 29.4 Å². The molecule has 2 heterocycles. The van der Waals surface area contributed by atoms with Crippen molar-refractivity contribution in [2.45, 2.75) is 4.90 Å². The van der Waals surface area contributed by atoms with Gasteiger partial charge in [-0.25, -0.2) is 12.8 Å². The Morgan fingerprint density at radius 3 is 2.76 bits per heavy atom. The van der Waals surface area contributed by atoms with E-state index in [1.54, 1.807) is 30.5 Å². The zero-order valence-corrected chi connectivity index (χ0v) is 11.5. The summed E-state index contributed by atoms with van der Waals surface area (Å²) in [7, 11) is -3.88. The predicted octanol–water partition coefficient (Wildman–Crippen LogP) is 2.57. The van der Waals surface area contributed by atoms with E-state index < -0.39 is 15.8 Å². The highest BCUT2D eigenvalue weighted by Gasteiger charge is 2.15. The minimum atomic E-state index is -3.88. The molecule has 1 N–H and O–H groups in total. The van der Waals surface area contributed by atoms with Crippen molar-refractivity contribution in [2.24, 2.45) is 0 Å². The lowest BCUT2D eigenvalue weighted by molar-refractivity contribution is 0.592. The van der Waals surface area contributed by atoms with E-state index in [1.807, 2.05) is 6.07 Å². The highest BCUT2D eigenvalue weighted by Crippen LogP contribution is 2.20. The number of rotatable bonds is 3. The van der Waals surface area contributed by atoms with Gasteiger partial charge < -0.3 is 0 Å². The van der Waals surface area contributed by atoms with Gasteiger partial charge in [-0.3, -0.25) is 14.7 Å². The van der Waals surface area contributed by atoms with Crippen molar-refractivity contribution in [3.05, 3.63) is 60.8 Å². The number of pyridine rings is 2. The first-order valence-electron chi connectivity index (χ1n) is 6.03. The summed E-state index contributed by atoms with van der Waals surface area (Å²) in [6.07, 6.45) is 3.69. The summed E-state index contributed by atoms with van der Waals surface area (Å²) in [4.78, 5) is 7.46. The molecule has 0 spiro atoms. The van der Waals surface area contributed by atoms with Crippen molar-refractivity contribution in [3.8, 4) is 0 Å². The topological polar surface area (TPSA) is 72.0 Å². The van der Waals surface area contributed by atoms with Gasteiger partial charge in [0.25, 0.3) is 10.0 Å². The summed E-state index contributed by atoms with van der Waals surface area (Å²) < 4.78 is 39.8. The van der Waals surface area contributed by atoms with Crippen LogP contribution in [0.2, 0.25) is 0 Å². The fraction of sp³-hybridized carbons (Fsp3) is 0. The average molecular weight is 303 g/mol. The molecule has 3 rings (SSSR count). The molecule has 2 aromatic heterocycles. The second-order valence-corrected chi connectivity index (χ2v) is 6.04. The van der Waals surface area contributed by atoms with Crippen LogP contribution in [-0.4, -0.2) is 18.4 Å². The maximum atomic E-state index is 13.1. The van der Waals surface area contributed by atoms with Crippen molar-refractivity contribution >= 4 is 26.6 Å². The molecule has 0 aliphatic rings. The van der Waals surface area contributed by atoms with E-state index in [1.165, 1.54) is 0 Å². The number of anilines is 1. The summed E-state index contributed by atoms with van der Waals surface area (Å²) in [5, 5.41) is 0.801. The molecule has 5 nitrogen and oxygen atoms in total. The second kappa shape index (κ2) is 5.10. The van der Waals surface area contributed by atoms with Gasteiger partial charge in [-0.15, -0.1) is 0 Å². The molecule has 7 heteroatoms. The van der Waals surface area contributed by atoms with Gasteiger partial charge in [0.05, 0.1) is 11.7 Å². The van der Waals surface area contributed by atoms with Gasteiger partial charge in [0.2, 0.25) is 0 Å². The fourth-order valence-corrected chi connectivity index (χ4v) is 2.91. The van der Waals surface area contributed by atoms with Crippen LogP contribution in [0.4, 0.5) is 10.1 Å². The van der Waals surface area contributed by atoms with Crippen LogP contribution in [0.5, 0.6) is 0 Å². The molecule has 0 saturated carbocycles. The van der Waals surface area contributed by atoms with Gasteiger partial charge >= 0.3 is 0 Å². The molecule has 0 saturated heterocycles. The molecule has 0 bridgehead atoms. The molecule has 0 aliphatic heterocycles. The van der Waals surface area contributed by atoms with Crippen LogP contribution in [0, 0.1) is 5.82 Å². The molecule has 0 fully saturated rings. The molecule has 21 heavy (non-hydrogen) atoms. The first-order valence-corrected chi connectivity index (χ1v) is 7.51. The molecule has 106 valence electrons. The first kappa shape index (κ1) is 13.4. The first-order chi connectivity index (χ1) is 10.0. The monoisotopic (exact) mass is 303 g/mol. The molecule has 0 radical (unpaired) electrons. The normalized spacial score (nSPS) is 11.5. The number of aromatic nitrogens is 2. The number of nitrogens with one attached hydrogen (secondary N) is 1. The summed E-state index contributed by atoms with van der Waals surface area (Å²) >= 11 is 0. The van der Waals surface area contributed by atoms with E-state index in [4.69, 9.17) is 0 Å². The lowest BCUT2D eigenvalue weighted by atomic mass is 10.2. The second-order valence-electron chi connectivity index (χ2n) is 4.36. The van der Waals surface area contributed by atoms with Crippen LogP contribution in [0.3, 0.4) is 0 Å². The van der Waals surface area contributed by atoms with Crippen molar-refractivity contribution in [2.75, 3.05) is 4.72 Å². The van der Waals surface area contributed by atoms with Crippen molar-refractivity contribution < 1.29 is 12.8 Å². The molecular weight excluding hydrogens is 293 g/mol. The predicted molar refractivity (Wildman–Crippen MR) is 76.7 cm³/mol.